The summed E-state index contributed by atoms with van der Waals surface area (Å²) in [6, 6.07) is 9.70. The summed E-state index contributed by atoms with van der Waals surface area (Å²) in [5.74, 6) is -0.894. The molecule has 0 unspecified atom stereocenters. The molecule has 0 saturated heterocycles. The number of rotatable bonds is 5. The minimum absolute atomic E-state index is 0.00309. The van der Waals surface area contributed by atoms with E-state index in [2.05, 4.69) is 15.0 Å². The van der Waals surface area contributed by atoms with Crippen molar-refractivity contribution in [1.29, 1.82) is 0 Å². The molecule has 0 atom stereocenters. The van der Waals surface area contributed by atoms with Crippen molar-refractivity contribution < 1.29 is 13.5 Å². The molecule has 32 heavy (non-hydrogen) atoms. The quantitative estimate of drug-likeness (QED) is 0.495. The van der Waals surface area contributed by atoms with E-state index >= 15 is 0 Å². The Morgan fingerprint density at radius 2 is 1.75 bits per heavy atom. The predicted molar refractivity (Wildman–Crippen MR) is 119 cm³/mol. The number of pyridine rings is 1. The predicted octanol–water partition coefficient (Wildman–Crippen LogP) is 3.58. The smallest absolute Gasteiger partial charge is 0.256 e. The van der Waals surface area contributed by atoms with Crippen molar-refractivity contribution in [1.82, 2.24) is 19.9 Å². The molecule has 7 nitrogen and oxygen atoms in total. The van der Waals surface area contributed by atoms with Crippen LogP contribution in [-0.2, 0) is 6.54 Å². The van der Waals surface area contributed by atoms with Crippen LogP contribution in [0.4, 0.5) is 14.6 Å². The van der Waals surface area contributed by atoms with Crippen LogP contribution >= 0.6 is 0 Å². The molecular formula is C23H21F2N5O2. The van der Waals surface area contributed by atoms with Gasteiger partial charge in [-0.3, -0.25) is 4.79 Å². The van der Waals surface area contributed by atoms with Crippen molar-refractivity contribution in [2.45, 2.75) is 6.54 Å². The summed E-state index contributed by atoms with van der Waals surface area (Å²) in [4.78, 5) is 24.5. The van der Waals surface area contributed by atoms with Crippen LogP contribution < -0.4 is 16.0 Å². The Morgan fingerprint density at radius 3 is 2.47 bits per heavy atom. The summed E-state index contributed by atoms with van der Waals surface area (Å²) in [5, 5.41) is 0.294. The molecule has 0 amide bonds. The number of hydrogen-bond donors (Lipinski definition) is 2. The number of nitrogens with two attached hydrogens (primary N) is 1. The van der Waals surface area contributed by atoms with Crippen molar-refractivity contribution >= 4 is 16.6 Å². The Bertz CT molecular complexity index is 1390. The van der Waals surface area contributed by atoms with Gasteiger partial charge in [0.15, 0.2) is 5.82 Å². The lowest BCUT2D eigenvalue weighted by Gasteiger charge is -2.15. The topological polar surface area (TPSA) is 97.1 Å². The summed E-state index contributed by atoms with van der Waals surface area (Å²) in [7, 11) is 5.40. The van der Waals surface area contributed by atoms with Crippen LogP contribution in [-0.4, -0.2) is 41.1 Å². The molecule has 2 heterocycles. The fourth-order valence-electron chi connectivity index (χ4n) is 3.58. The zero-order valence-corrected chi connectivity index (χ0v) is 17.7. The lowest BCUT2D eigenvalue weighted by Crippen LogP contribution is -2.12. The standard InChI is InChI=1S/C23H21F2N5O2/c1-30(2)11-14-8-12(5-7-18(14)32-3)19-21(25)29-22(26)20(28-19)13-4-6-15-16(9-13)17(24)10-27-23(15)31/h4-10H,11H2,1-3H3,(H2,26,29)(H,27,31). The normalized spacial score (nSPS) is 11.3. The van der Waals surface area contributed by atoms with Gasteiger partial charge in [0.05, 0.1) is 7.11 Å². The van der Waals surface area contributed by atoms with E-state index in [-0.39, 0.29) is 28.0 Å². The molecule has 0 fully saturated rings. The third kappa shape index (κ3) is 3.90. The van der Waals surface area contributed by atoms with Gasteiger partial charge < -0.3 is 20.4 Å². The molecule has 2 aromatic heterocycles. The Labute approximate surface area is 182 Å². The number of anilines is 1. The van der Waals surface area contributed by atoms with Crippen molar-refractivity contribution in [3.63, 3.8) is 0 Å². The number of nitrogens with zero attached hydrogens (tertiary/aromatic N) is 3. The number of hydrogen-bond acceptors (Lipinski definition) is 6. The van der Waals surface area contributed by atoms with Gasteiger partial charge in [-0.2, -0.15) is 9.37 Å². The van der Waals surface area contributed by atoms with Crippen LogP contribution in [0.2, 0.25) is 0 Å². The molecule has 0 radical (unpaired) electrons. The number of aromatic nitrogens is 3. The van der Waals surface area contributed by atoms with Crippen LogP contribution in [0.5, 0.6) is 5.75 Å². The highest BCUT2D eigenvalue weighted by atomic mass is 19.1. The number of nitrogen functional groups attached to an aromatic ring is 1. The van der Waals surface area contributed by atoms with Gasteiger partial charge in [0.2, 0.25) is 5.95 Å². The van der Waals surface area contributed by atoms with E-state index in [0.29, 0.717) is 23.4 Å². The highest BCUT2D eigenvalue weighted by Crippen LogP contribution is 2.32. The van der Waals surface area contributed by atoms with Gasteiger partial charge in [0.25, 0.3) is 5.56 Å². The van der Waals surface area contributed by atoms with Gasteiger partial charge in [-0.25, -0.2) is 9.37 Å². The van der Waals surface area contributed by atoms with Crippen LogP contribution in [0.25, 0.3) is 33.3 Å². The second-order valence-electron chi connectivity index (χ2n) is 7.59. The summed E-state index contributed by atoms with van der Waals surface area (Å²) < 4.78 is 34.5. The maximum atomic E-state index is 14.8. The van der Waals surface area contributed by atoms with Gasteiger partial charge in [0, 0.05) is 40.2 Å². The van der Waals surface area contributed by atoms with E-state index in [9.17, 15) is 13.6 Å². The maximum Gasteiger partial charge on any atom is 0.256 e. The fraction of sp³-hybridized carbons (Fsp3) is 0.174. The van der Waals surface area contributed by atoms with Crippen LogP contribution in [0.15, 0.2) is 47.4 Å². The molecule has 164 valence electrons. The average molecular weight is 437 g/mol. The molecule has 0 bridgehead atoms. The maximum absolute atomic E-state index is 14.8. The van der Waals surface area contributed by atoms with E-state index in [1.807, 2.05) is 19.0 Å². The van der Waals surface area contributed by atoms with E-state index in [4.69, 9.17) is 10.5 Å². The van der Waals surface area contributed by atoms with E-state index in [0.717, 1.165) is 11.8 Å². The SMILES string of the molecule is COc1ccc(-c2nc(-c3ccc4c(=O)[nH]cc(F)c4c3)c(N)nc2F)cc1CN(C)C. The molecule has 9 heteroatoms. The number of methoxy groups -OCH3 is 1. The number of fused-ring (bicyclic) bond motifs is 1. The zero-order chi connectivity index (χ0) is 23.0. The highest BCUT2D eigenvalue weighted by Gasteiger charge is 2.18. The first-order valence-electron chi connectivity index (χ1n) is 9.75. The van der Waals surface area contributed by atoms with E-state index in [1.165, 1.54) is 12.1 Å². The van der Waals surface area contributed by atoms with Crippen LogP contribution in [0, 0.1) is 11.8 Å². The average Bonchev–Trinajstić information content (AvgIpc) is 2.76. The molecule has 3 N–H and O–H groups in total. The molecule has 2 aromatic carbocycles. The van der Waals surface area contributed by atoms with Crippen LogP contribution in [0.1, 0.15) is 5.56 Å². The van der Waals surface area contributed by atoms with Gasteiger partial charge in [-0.1, -0.05) is 6.07 Å². The molecule has 4 aromatic rings. The number of aromatic amines is 1. The molecule has 0 saturated carbocycles. The summed E-state index contributed by atoms with van der Waals surface area (Å²) >= 11 is 0. The van der Waals surface area contributed by atoms with Crippen LogP contribution in [0.3, 0.4) is 0 Å². The first-order chi connectivity index (χ1) is 15.3. The summed E-state index contributed by atoms with van der Waals surface area (Å²) in [6.07, 6.45) is 0.989. The Hall–Kier alpha value is -3.85. The lowest BCUT2D eigenvalue weighted by molar-refractivity contribution is 0.372. The minimum atomic E-state index is -0.823. The number of ether oxygens (including phenoxy) is 1. The largest absolute Gasteiger partial charge is 0.496 e. The van der Waals surface area contributed by atoms with Crippen molar-refractivity contribution in [2.24, 2.45) is 0 Å². The molecule has 0 aliphatic carbocycles. The molecule has 4 rings (SSSR count). The van der Waals surface area contributed by atoms with Gasteiger partial charge >= 0.3 is 0 Å². The van der Waals surface area contributed by atoms with Crippen molar-refractivity contribution in [3.05, 3.63) is 70.3 Å². The van der Waals surface area contributed by atoms with Crippen molar-refractivity contribution in [3.8, 4) is 28.3 Å². The van der Waals surface area contributed by atoms with E-state index in [1.54, 1.807) is 31.4 Å². The Morgan fingerprint density at radius 1 is 1.03 bits per heavy atom. The minimum Gasteiger partial charge on any atom is -0.496 e. The summed E-state index contributed by atoms with van der Waals surface area (Å²) in [6.45, 7) is 0.576. The Kier molecular flexibility index (Phi) is 5.58. The second-order valence-corrected chi connectivity index (χ2v) is 7.59. The first-order valence-corrected chi connectivity index (χ1v) is 9.75. The third-order valence-corrected chi connectivity index (χ3v) is 5.05. The first kappa shape index (κ1) is 21.4. The summed E-state index contributed by atoms with van der Waals surface area (Å²) in [5.41, 5.74) is 7.48. The highest BCUT2D eigenvalue weighted by molar-refractivity contribution is 5.88. The molecule has 0 aliphatic rings. The molecule has 0 spiro atoms. The monoisotopic (exact) mass is 437 g/mol. The molecule has 0 aliphatic heterocycles. The van der Waals surface area contributed by atoms with Gasteiger partial charge in [0.1, 0.15) is 23.0 Å². The van der Waals surface area contributed by atoms with E-state index < -0.39 is 17.3 Å². The van der Waals surface area contributed by atoms with Gasteiger partial charge in [-0.05, 0) is 44.4 Å². The fourth-order valence-corrected chi connectivity index (χ4v) is 3.58. The third-order valence-electron chi connectivity index (χ3n) is 5.05. The number of H-pyrrole nitrogens is 1. The second kappa shape index (κ2) is 8.35. The Balaban J connectivity index is 1.87. The number of halogens is 2. The lowest BCUT2D eigenvalue weighted by atomic mass is 10.0. The number of benzene rings is 2. The van der Waals surface area contributed by atoms with Gasteiger partial charge in [-0.15, -0.1) is 0 Å². The zero-order valence-electron chi connectivity index (χ0n) is 17.7. The molecular weight excluding hydrogens is 416 g/mol. The van der Waals surface area contributed by atoms with Crippen molar-refractivity contribution in [2.75, 3.05) is 26.9 Å². The number of nitrogens with one attached hydrogen (secondary N) is 1.